The molecule has 0 aromatic heterocycles. The third-order valence-corrected chi connectivity index (χ3v) is 0. The molecule has 0 atom stereocenters. The van der Waals surface area contributed by atoms with Gasteiger partial charge in [0.05, 0.1) is 0 Å². The second kappa shape index (κ2) is 28.1. The van der Waals surface area contributed by atoms with Crippen molar-refractivity contribution in [3.05, 3.63) is 0 Å². The summed E-state index contributed by atoms with van der Waals surface area (Å²) in [5.74, 6) is 0. The van der Waals surface area contributed by atoms with Crippen LogP contribution >= 0.6 is 0 Å². The first kappa shape index (κ1) is 63.8. The van der Waals surface area contributed by atoms with E-state index in [1.807, 2.05) is 0 Å². The molecule has 0 spiro atoms. The number of hydrogen-bond donors (Lipinski definition) is 10. The fourth-order valence-electron chi connectivity index (χ4n) is 0. The maximum atomic E-state index is 8.74. The van der Waals surface area contributed by atoms with Crippen LogP contribution in [-0.4, -0.2) is 203 Å². The van der Waals surface area contributed by atoms with Gasteiger partial charge < -0.3 is 11.2 Å². The van der Waals surface area contributed by atoms with Crippen LogP contribution in [0.1, 0.15) is 5.71 Å². The van der Waals surface area contributed by atoms with Crippen LogP contribution in [0.15, 0.2) is 0 Å². The summed E-state index contributed by atoms with van der Waals surface area (Å²) >= 11 is 0. The van der Waals surface area contributed by atoms with Crippen LogP contribution in [0, 0.1) is 0 Å². The SMILES string of the molecule is O.O=S(=O)(O)O.O=S(=O)(O)O.O=S(=O)(O)O.O=S(=O)(O)O.O=S(=O)(O)O.[AlH3].[AlH3].[Ca+2].[Ca+2].[H-].[H-].[H-].[H-]. The van der Waals surface area contributed by atoms with Gasteiger partial charge >= 0.3 is 127 Å². The van der Waals surface area contributed by atoms with E-state index < -0.39 is 52.0 Å². The first-order chi connectivity index (χ1) is 10.0. The molecule has 0 saturated carbocycles. The summed E-state index contributed by atoms with van der Waals surface area (Å²) < 4.78 is 158. The smallest absolute Gasteiger partial charge is 1.00 e. The Morgan fingerprint density at radius 3 is 0.333 bits per heavy atom. The van der Waals surface area contributed by atoms with E-state index in [-0.39, 0.29) is 121 Å². The van der Waals surface area contributed by atoms with Crippen molar-refractivity contribution < 1.29 is 98.8 Å². The zero-order valence-electron chi connectivity index (χ0n) is 16.5. The van der Waals surface area contributed by atoms with Gasteiger partial charge in [0, 0.05) is 0 Å². The second-order valence-electron chi connectivity index (χ2n) is 2.24. The topological polar surface area (TPSA) is 404 Å². The molecule has 0 saturated heterocycles. The quantitative estimate of drug-likeness (QED) is 0.0858. The predicted molar refractivity (Wildman–Crippen MR) is 110 cm³/mol. The van der Waals surface area contributed by atoms with E-state index in [0.29, 0.717) is 0 Å². The second-order valence-corrected chi connectivity index (χ2v) is 6.72. The molecule has 0 radical (unpaired) electrons. The van der Waals surface area contributed by atoms with Crippen LogP contribution in [0.25, 0.3) is 0 Å². The van der Waals surface area contributed by atoms with Crippen molar-refractivity contribution >= 4 is 162 Å². The molecular weight excluding hydrogens is 630 g/mol. The molecule has 12 N–H and O–H groups in total. The van der Waals surface area contributed by atoms with Crippen LogP contribution in [0.2, 0.25) is 0 Å². The van der Waals surface area contributed by atoms with E-state index >= 15 is 0 Å². The fraction of sp³-hybridized carbons (Fsp3) is 0. The summed E-state index contributed by atoms with van der Waals surface area (Å²) in [6.45, 7) is 0. The van der Waals surface area contributed by atoms with Gasteiger partial charge in [-0.1, -0.05) is 0 Å². The van der Waals surface area contributed by atoms with Gasteiger partial charge in [0.15, 0.2) is 34.7 Å². The van der Waals surface area contributed by atoms with Gasteiger partial charge in [-0.15, -0.1) is 0 Å². The summed E-state index contributed by atoms with van der Waals surface area (Å²) in [6, 6.07) is 0. The third-order valence-electron chi connectivity index (χ3n) is 0. The Bertz CT molecular complexity index is 647. The standard InChI is InChI=1S/2Al.2Ca.5H2O4S.H2O.10H/c;;;;5*1-5(2,3)4;;;;;;;;;;;/h;;;;5*(H2,1,2,3,4);1H2;;;;;;;;;;/q;;2*+2;;;;;;;;;;;;;4*-1. The molecule has 0 fully saturated rings. The van der Waals surface area contributed by atoms with E-state index in [0.717, 1.165) is 0 Å². The van der Waals surface area contributed by atoms with Crippen molar-refractivity contribution in [3.63, 3.8) is 0 Å². The molecule has 30 heavy (non-hydrogen) atoms. The summed E-state index contributed by atoms with van der Waals surface area (Å²) in [6.07, 6.45) is 0. The van der Waals surface area contributed by atoms with Gasteiger partial charge in [0.2, 0.25) is 0 Å². The Morgan fingerprint density at radius 2 is 0.333 bits per heavy atom. The van der Waals surface area contributed by atoms with Crippen molar-refractivity contribution in [2.75, 3.05) is 0 Å². The van der Waals surface area contributed by atoms with Gasteiger partial charge in [0.25, 0.3) is 0 Å². The van der Waals surface area contributed by atoms with Crippen molar-refractivity contribution in [1.29, 1.82) is 0 Å². The van der Waals surface area contributed by atoms with Gasteiger partial charge in [-0.25, -0.2) is 0 Å². The Balaban J connectivity index is -0.0000000115. The normalized spacial score (nSPS) is 9.67. The minimum Gasteiger partial charge on any atom is -1.00 e. The molecule has 0 unspecified atom stereocenters. The number of hydrogen-bond acceptors (Lipinski definition) is 10. The molecule has 0 aromatic rings. The van der Waals surface area contributed by atoms with Crippen LogP contribution in [0.5, 0.6) is 0 Å². The van der Waals surface area contributed by atoms with Gasteiger partial charge in [-0.05, 0) is 0 Å². The van der Waals surface area contributed by atoms with Crippen molar-refractivity contribution in [1.82, 2.24) is 0 Å². The fourth-order valence-corrected chi connectivity index (χ4v) is 0. The monoisotopic (exact) mass is 652 g/mol. The molecule has 0 aromatic carbocycles. The predicted octanol–water partition coefficient (Wildman–Crippen LogP) is -6.77. The molecule has 0 rings (SSSR count). The third kappa shape index (κ3) is 3300. The summed E-state index contributed by atoms with van der Waals surface area (Å²) in [5, 5.41) is 0. The summed E-state index contributed by atoms with van der Waals surface area (Å²) in [7, 11) is -23.3. The summed E-state index contributed by atoms with van der Waals surface area (Å²) in [5.41, 5.74) is 0. The van der Waals surface area contributed by atoms with Crippen molar-refractivity contribution in [2.24, 2.45) is 0 Å². The van der Waals surface area contributed by atoms with E-state index in [9.17, 15) is 0 Å². The largest absolute Gasteiger partial charge is 2.00 e. The van der Waals surface area contributed by atoms with Crippen LogP contribution in [-0.2, 0) is 52.0 Å². The molecule has 0 aliphatic rings. The Morgan fingerprint density at radius 1 is 0.333 bits per heavy atom. The van der Waals surface area contributed by atoms with E-state index in [2.05, 4.69) is 0 Å². The van der Waals surface area contributed by atoms with E-state index in [1.165, 1.54) is 0 Å². The molecule has 30 heteroatoms. The Hall–Kier alpha value is 2.89. The molecule has 0 heterocycles. The Kier molecular flexibility index (Phi) is 59.9. The van der Waals surface area contributed by atoms with E-state index in [4.69, 9.17) is 87.6 Å². The van der Waals surface area contributed by atoms with Crippen molar-refractivity contribution in [2.45, 2.75) is 0 Å². The molecular formula is H22Al2Ca2O21S5. The van der Waals surface area contributed by atoms with Crippen molar-refractivity contribution in [3.8, 4) is 0 Å². The van der Waals surface area contributed by atoms with Gasteiger partial charge in [-0.3, -0.25) is 45.5 Å². The molecule has 0 aliphatic heterocycles. The summed E-state index contributed by atoms with van der Waals surface area (Å²) in [4.78, 5) is 0. The maximum Gasteiger partial charge on any atom is 2.00 e. The van der Waals surface area contributed by atoms with Gasteiger partial charge in [0.1, 0.15) is 0 Å². The minimum atomic E-state index is -4.67. The molecule has 0 bridgehead atoms. The van der Waals surface area contributed by atoms with Crippen LogP contribution in [0.4, 0.5) is 0 Å². The van der Waals surface area contributed by atoms with Gasteiger partial charge in [-0.2, -0.15) is 42.1 Å². The molecule has 188 valence electrons. The maximum absolute atomic E-state index is 8.74. The average Bonchev–Trinajstić information content (AvgIpc) is 1.79. The van der Waals surface area contributed by atoms with Crippen LogP contribution in [0.3, 0.4) is 0 Å². The zero-order valence-corrected chi connectivity index (χ0v) is 21.0. The Labute approximate surface area is 257 Å². The van der Waals surface area contributed by atoms with E-state index in [1.54, 1.807) is 0 Å². The molecule has 0 amide bonds. The number of rotatable bonds is 0. The zero-order chi connectivity index (χ0) is 22.5. The molecule has 0 aliphatic carbocycles. The van der Waals surface area contributed by atoms with Crippen LogP contribution < -0.4 is 0 Å². The average molecular weight is 653 g/mol. The minimum absolute atomic E-state index is 0. The first-order valence-corrected chi connectivity index (χ1v) is 10.5. The molecule has 21 nitrogen and oxygen atoms in total. The first-order valence-electron chi connectivity index (χ1n) is 3.49.